The highest BCUT2D eigenvalue weighted by Crippen LogP contribution is 2.30. The molecule has 0 saturated heterocycles. The molecule has 1 saturated carbocycles. The third-order valence-corrected chi connectivity index (χ3v) is 4.58. The largest absolute Gasteiger partial charge is 0.465 e. The monoisotopic (exact) mass is 384 g/mol. The molecule has 1 fully saturated rings. The number of esters is 1. The van der Waals surface area contributed by atoms with Gasteiger partial charge in [0.2, 0.25) is 11.9 Å². The third-order valence-electron chi connectivity index (χ3n) is 4.58. The molecule has 1 aliphatic carbocycles. The van der Waals surface area contributed by atoms with Crippen LogP contribution in [0.2, 0.25) is 0 Å². The number of aromatic nitrogens is 3. The van der Waals surface area contributed by atoms with E-state index in [1.54, 1.807) is 0 Å². The summed E-state index contributed by atoms with van der Waals surface area (Å²) < 4.78 is 5.09. The molecule has 28 heavy (non-hydrogen) atoms. The van der Waals surface area contributed by atoms with Crippen LogP contribution in [0.5, 0.6) is 0 Å². The Bertz CT molecular complexity index is 809. The number of carbonyl (C=O) groups excluding carboxylic acids is 1. The minimum absolute atomic E-state index is 0.156. The van der Waals surface area contributed by atoms with Crippen molar-refractivity contribution >= 4 is 23.6 Å². The molecule has 3 N–H and O–H groups in total. The Hall–Kier alpha value is -2.74. The van der Waals surface area contributed by atoms with E-state index in [9.17, 15) is 4.79 Å². The van der Waals surface area contributed by atoms with Gasteiger partial charge in [0.15, 0.2) is 0 Å². The van der Waals surface area contributed by atoms with Crippen molar-refractivity contribution in [3.63, 3.8) is 0 Å². The summed E-state index contributed by atoms with van der Waals surface area (Å²) in [5.74, 6) is 1.49. The molecular weight excluding hydrogens is 356 g/mol. The number of aryl methyl sites for hydroxylation is 1. The summed E-state index contributed by atoms with van der Waals surface area (Å²) in [7, 11) is 0. The smallest absolute Gasteiger partial charge is 0.320 e. The van der Waals surface area contributed by atoms with Crippen LogP contribution >= 0.6 is 0 Å². The van der Waals surface area contributed by atoms with Crippen molar-refractivity contribution < 1.29 is 9.53 Å². The summed E-state index contributed by atoms with van der Waals surface area (Å²) in [5, 5.41) is 3.24. The van der Waals surface area contributed by atoms with E-state index >= 15 is 0 Å². The van der Waals surface area contributed by atoms with Gasteiger partial charge in [-0.15, -0.1) is 0 Å². The number of hydrogen-bond acceptors (Lipinski definition) is 8. The van der Waals surface area contributed by atoms with Gasteiger partial charge in [-0.25, -0.2) is 0 Å². The second-order valence-corrected chi connectivity index (χ2v) is 6.99. The van der Waals surface area contributed by atoms with Crippen LogP contribution in [0.1, 0.15) is 38.1 Å². The summed E-state index contributed by atoms with van der Waals surface area (Å²) in [5.41, 5.74) is 8.02. The third kappa shape index (κ3) is 5.88. The Morgan fingerprint density at radius 2 is 2.04 bits per heavy atom. The molecule has 1 aromatic carbocycles. The van der Waals surface area contributed by atoms with Crippen LogP contribution in [0.25, 0.3) is 0 Å². The zero-order valence-electron chi connectivity index (χ0n) is 16.5. The maximum atomic E-state index is 11.9. The van der Waals surface area contributed by atoms with Crippen LogP contribution in [0.3, 0.4) is 0 Å². The molecular formula is C20H28N6O2. The van der Waals surface area contributed by atoms with E-state index in [0.717, 1.165) is 18.7 Å². The minimum Gasteiger partial charge on any atom is -0.465 e. The van der Waals surface area contributed by atoms with Crippen LogP contribution in [0.4, 0.5) is 17.6 Å². The Kier molecular flexibility index (Phi) is 6.76. The van der Waals surface area contributed by atoms with Crippen LogP contribution in [-0.4, -0.2) is 45.5 Å². The predicted molar refractivity (Wildman–Crippen MR) is 108 cm³/mol. The summed E-state index contributed by atoms with van der Waals surface area (Å²) in [6, 6.07) is 8.01. The van der Waals surface area contributed by atoms with Crippen LogP contribution in [0, 0.1) is 5.92 Å². The fourth-order valence-electron chi connectivity index (χ4n) is 3.08. The number of nitrogens with two attached hydrogens (primary N) is 1. The van der Waals surface area contributed by atoms with E-state index in [4.69, 9.17) is 10.5 Å². The van der Waals surface area contributed by atoms with E-state index in [1.165, 1.54) is 18.4 Å². The van der Waals surface area contributed by atoms with Gasteiger partial charge in [-0.1, -0.05) is 25.1 Å². The molecule has 0 aliphatic heterocycles. The summed E-state index contributed by atoms with van der Waals surface area (Å²) in [6.45, 7) is 5.75. The summed E-state index contributed by atoms with van der Waals surface area (Å²) >= 11 is 0. The molecule has 2 aromatic rings. The molecule has 8 heteroatoms. The van der Waals surface area contributed by atoms with Gasteiger partial charge in [0.25, 0.3) is 0 Å². The van der Waals surface area contributed by atoms with Gasteiger partial charge in [0, 0.05) is 12.2 Å². The highest BCUT2D eigenvalue weighted by Gasteiger charge is 2.26. The fraction of sp³-hybridized carbons (Fsp3) is 0.500. The first-order valence-corrected chi connectivity index (χ1v) is 9.80. The zero-order chi connectivity index (χ0) is 19.9. The first kappa shape index (κ1) is 20.0. The van der Waals surface area contributed by atoms with Gasteiger partial charge in [0.05, 0.1) is 19.7 Å². The molecule has 0 spiro atoms. The first-order chi connectivity index (χ1) is 13.6. The van der Waals surface area contributed by atoms with Crippen molar-refractivity contribution in [1.29, 1.82) is 0 Å². The Morgan fingerprint density at radius 3 is 2.75 bits per heavy atom. The van der Waals surface area contributed by atoms with Crippen LogP contribution in [0.15, 0.2) is 24.3 Å². The highest BCUT2D eigenvalue weighted by atomic mass is 16.5. The molecule has 1 aromatic heterocycles. The van der Waals surface area contributed by atoms with Crippen LogP contribution in [-0.2, 0) is 22.5 Å². The Labute approximate surface area is 165 Å². The number of ether oxygens (including phenoxy) is 1. The quantitative estimate of drug-likeness (QED) is 0.602. The van der Waals surface area contributed by atoms with E-state index in [1.807, 2.05) is 30.0 Å². The topological polar surface area (TPSA) is 106 Å². The van der Waals surface area contributed by atoms with Gasteiger partial charge >= 0.3 is 5.97 Å². The van der Waals surface area contributed by atoms with Crippen molar-refractivity contribution in [1.82, 2.24) is 19.9 Å². The predicted octanol–water partition coefficient (Wildman–Crippen LogP) is 2.53. The van der Waals surface area contributed by atoms with Crippen molar-refractivity contribution in [2.24, 2.45) is 5.92 Å². The molecule has 8 nitrogen and oxygen atoms in total. The molecule has 3 rings (SSSR count). The SMILES string of the molecule is CCOC(=O)CN(Cc1nc(N)nc(Nc2ccccc2CC)n1)CC1CC1. The molecule has 1 aliphatic rings. The number of rotatable bonds is 10. The van der Waals surface area contributed by atoms with Gasteiger partial charge in [-0.05, 0) is 43.7 Å². The van der Waals surface area contributed by atoms with Gasteiger partial charge in [-0.2, -0.15) is 15.0 Å². The Morgan fingerprint density at radius 1 is 1.25 bits per heavy atom. The molecule has 0 bridgehead atoms. The van der Waals surface area contributed by atoms with Crippen molar-refractivity contribution in [3.05, 3.63) is 35.7 Å². The average Bonchev–Trinajstić information content (AvgIpc) is 3.45. The van der Waals surface area contributed by atoms with Crippen molar-refractivity contribution in [3.8, 4) is 0 Å². The Balaban J connectivity index is 1.74. The second kappa shape index (κ2) is 9.45. The fourth-order valence-corrected chi connectivity index (χ4v) is 3.08. The normalized spacial score (nSPS) is 13.5. The number of para-hydroxylation sites is 1. The van der Waals surface area contributed by atoms with Gasteiger partial charge in [-0.3, -0.25) is 9.69 Å². The van der Waals surface area contributed by atoms with E-state index in [2.05, 4.69) is 33.3 Å². The van der Waals surface area contributed by atoms with Crippen molar-refractivity contribution in [2.75, 3.05) is 30.7 Å². The molecule has 0 atom stereocenters. The van der Waals surface area contributed by atoms with E-state index < -0.39 is 0 Å². The standard InChI is InChI=1S/C20H28N6O2/c1-3-15-7-5-6-8-16(15)22-20-24-17(23-19(21)25-20)12-26(11-14-9-10-14)13-18(27)28-4-2/h5-8,14H,3-4,9-13H2,1-2H3,(H3,21,22,23,24,25). The lowest BCUT2D eigenvalue weighted by Crippen LogP contribution is -2.33. The molecule has 0 amide bonds. The van der Waals surface area contributed by atoms with E-state index in [-0.39, 0.29) is 18.5 Å². The van der Waals surface area contributed by atoms with E-state index in [0.29, 0.717) is 30.8 Å². The number of nitrogen functional groups attached to an aromatic ring is 1. The highest BCUT2D eigenvalue weighted by molar-refractivity contribution is 5.71. The summed E-state index contributed by atoms with van der Waals surface area (Å²) in [6.07, 6.45) is 3.28. The number of nitrogens with zero attached hydrogens (tertiary/aromatic N) is 4. The zero-order valence-corrected chi connectivity index (χ0v) is 16.5. The number of carbonyl (C=O) groups is 1. The molecule has 0 radical (unpaired) electrons. The number of nitrogens with one attached hydrogen (secondary N) is 1. The number of anilines is 3. The maximum Gasteiger partial charge on any atom is 0.320 e. The lowest BCUT2D eigenvalue weighted by molar-refractivity contribution is -0.144. The lowest BCUT2D eigenvalue weighted by Gasteiger charge is -2.20. The first-order valence-electron chi connectivity index (χ1n) is 9.80. The molecule has 0 unspecified atom stereocenters. The average molecular weight is 384 g/mol. The van der Waals surface area contributed by atoms with Crippen LogP contribution < -0.4 is 11.1 Å². The van der Waals surface area contributed by atoms with Gasteiger partial charge in [0.1, 0.15) is 5.82 Å². The van der Waals surface area contributed by atoms with Crippen molar-refractivity contribution in [2.45, 2.75) is 39.7 Å². The number of benzene rings is 1. The summed E-state index contributed by atoms with van der Waals surface area (Å²) in [4.78, 5) is 26.9. The lowest BCUT2D eigenvalue weighted by atomic mass is 10.1. The molecule has 150 valence electrons. The number of hydrogen-bond donors (Lipinski definition) is 2. The second-order valence-electron chi connectivity index (χ2n) is 6.99. The maximum absolute atomic E-state index is 11.9. The molecule has 1 heterocycles. The minimum atomic E-state index is -0.236. The van der Waals surface area contributed by atoms with Gasteiger partial charge < -0.3 is 15.8 Å².